The molecule has 0 amide bonds. The van der Waals surface area contributed by atoms with Crippen molar-refractivity contribution in [3.05, 3.63) is 48.4 Å². The quantitative estimate of drug-likeness (QED) is 0.805. The zero-order valence-electron chi connectivity index (χ0n) is 12.5. The summed E-state index contributed by atoms with van der Waals surface area (Å²) in [5, 5.41) is 10.4. The molecule has 1 saturated heterocycles. The maximum atomic E-state index is 11.7. The minimum atomic E-state index is -0.973. The first-order valence-corrected chi connectivity index (χ1v) is 7.66. The van der Waals surface area contributed by atoms with Gasteiger partial charge in [0.25, 0.3) is 0 Å². The lowest BCUT2D eigenvalue weighted by Gasteiger charge is -2.16. The van der Waals surface area contributed by atoms with E-state index in [2.05, 4.69) is 14.9 Å². The van der Waals surface area contributed by atoms with Crippen molar-refractivity contribution in [2.45, 2.75) is 12.8 Å². The van der Waals surface area contributed by atoms with E-state index in [-0.39, 0.29) is 5.69 Å². The molecule has 3 aromatic rings. The van der Waals surface area contributed by atoms with Crippen LogP contribution in [0.3, 0.4) is 0 Å². The molecule has 1 aliphatic heterocycles. The van der Waals surface area contributed by atoms with E-state index in [0.29, 0.717) is 5.65 Å². The van der Waals surface area contributed by atoms with Gasteiger partial charge in [-0.3, -0.25) is 4.57 Å². The van der Waals surface area contributed by atoms with Crippen molar-refractivity contribution in [1.29, 1.82) is 0 Å². The Kier molecular flexibility index (Phi) is 3.22. The molecular weight excluding hydrogens is 292 g/mol. The van der Waals surface area contributed by atoms with Gasteiger partial charge in [-0.15, -0.1) is 0 Å². The SMILES string of the molecule is O=C(O)c1cc2c(N3CCCC3)ncnc2n1-c1ccccc1. The highest BCUT2D eigenvalue weighted by Crippen LogP contribution is 2.30. The van der Waals surface area contributed by atoms with E-state index in [1.54, 1.807) is 10.6 Å². The summed E-state index contributed by atoms with van der Waals surface area (Å²) in [4.78, 5) is 22.7. The predicted molar refractivity (Wildman–Crippen MR) is 87.3 cm³/mol. The Labute approximate surface area is 133 Å². The number of hydrogen-bond donors (Lipinski definition) is 1. The first-order valence-electron chi connectivity index (χ1n) is 7.66. The molecule has 4 rings (SSSR count). The summed E-state index contributed by atoms with van der Waals surface area (Å²) in [7, 11) is 0. The van der Waals surface area contributed by atoms with Crippen LogP contribution >= 0.6 is 0 Å². The van der Waals surface area contributed by atoms with E-state index in [1.165, 1.54) is 6.33 Å². The van der Waals surface area contributed by atoms with Crippen molar-refractivity contribution in [2.24, 2.45) is 0 Å². The van der Waals surface area contributed by atoms with Crippen molar-refractivity contribution >= 4 is 22.8 Å². The smallest absolute Gasteiger partial charge is 0.352 e. The third kappa shape index (κ3) is 2.23. The summed E-state index contributed by atoms with van der Waals surface area (Å²) in [5.41, 5.74) is 1.61. The van der Waals surface area contributed by atoms with Gasteiger partial charge in [0.1, 0.15) is 17.8 Å². The minimum Gasteiger partial charge on any atom is -0.477 e. The van der Waals surface area contributed by atoms with Crippen molar-refractivity contribution in [1.82, 2.24) is 14.5 Å². The molecule has 23 heavy (non-hydrogen) atoms. The number of para-hydroxylation sites is 1. The fourth-order valence-electron chi connectivity index (χ4n) is 3.18. The number of rotatable bonds is 3. The molecule has 0 aliphatic carbocycles. The third-order valence-electron chi connectivity index (χ3n) is 4.21. The molecule has 0 unspecified atom stereocenters. The number of carboxylic acid groups (broad SMARTS) is 1. The van der Waals surface area contributed by atoms with Crippen molar-refractivity contribution in [2.75, 3.05) is 18.0 Å². The van der Waals surface area contributed by atoms with E-state index in [0.717, 1.165) is 42.8 Å². The fraction of sp³-hybridized carbons (Fsp3) is 0.235. The number of nitrogens with zero attached hydrogens (tertiary/aromatic N) is 4. The normalized spacial score (nSPS) is 14.5. The van der Waals surface area contributed by atoms with Gasteiger partial charge in [0, 0.05) is 18.8 Å². The number of anilines is 1. The van der Waals surface area contributed by atoms with E-state index in [9.17, 15) is 9.90 Å². The second kappa shape index (κ2) is 5.39. The van der Waals surface area contributed by atoms with Crippen LogP contribution in [-0.2, 0) is 0 Å². The van der Waals surface area contributed by atoms with Gasteiger partial charge in [-0.1, -0.05) is 18.2 Å². The first kappa shape index (κ1) is 13.8. The lowest BCUT2D eigenvalue weighted by atomic mass is 10.3. The molecule has 6 nitrogen and oxygen atoms in total. The number of fused-ring (bicyclic) bond motifs is 1. The monoisotopic (exact) mass is 308 g/mol. The van der Waals surface area contributed by atoms with Crippen molar-refractivity contribution < 1.29 is 9.90 Å². The van der Waals surface area contributed by atoms with Crippen LogP contribution in [0.5, 0.6) is 0 Å². The van der Waals surface area contributed by atoms with Gasteiger partial charge < -0.3 is 10.0 Å². The standard InChI is InChI=1S/C17H16N4O2/c22-17(23)14-10-13-15(20-8-4-5-9-20)18-11-19-16(13)21(14)12-6-2-1-3-7-12/h1-3,6-7,10-11H,4-5,8-9H2,(H,22,23). The second-order valence-electron chi connectivity index (χ2n) is 5.63. The van der Waals surface area contributed by atoms with Crippen LogP contribution in [0.15, 0.2) is 42.7 Å². The van der Waals surface area contributed by atoms with Crippen molar-refractivity contribution in [3.63, 3.8) is 0 Å². The van der Waals surface area contributed by atoms with Gasteiger partial charge in [0.2, 0.25) is 0 Å². The predicted octanol–water partition coefficient (Wildman–Crippen LogP) is 2.72. The van der Waals surface area contributed by atoms with Crippen LogP contribution in [0.2, 0.25) is 0 Å². The second-order valence-corrected chi connectivity index (χ2v) is 5.63. The summed E-state index contributed by atoms with van der Waals surface area (Å²) < 4.78 is 1.68. The van der Waals surface area contributed by atoms with E-state index in [1.807, 2.05) is 30.3 Å². The number of carboxylic acids is 1. The lowest BCUT2D eigenvalue weighted by Crippen LogP contribution is -2.19. The minimum absolute atomic E-state index is 0.201. The van der Waals surface area contributed by atoms with Crippen LogP contribution in [-0.4, -0.2) is 38.7 Å². The van der Waals surface area contributed by atoms with Crippen LogP contribution in [0.25, 0.3) is 16.7 Å². The van der Waals surface area contributed by atoms with Gasteiger partial charge in [-0.25, -0.2) is 14.8 Å². The molecule has 1 fully saturated rings. The average molecular weight is 308 g/mol. The number of hydrogen-bond acceptors (Lipinski definition) is 4. The molecule has 1 N–H and O–H groups in total. The Hall–Kier alpha value is -2.89. The molecule has 0 bridgehead atoms. The highest BCUT2D eigenvalue weighted by molar-refractivity contribution is 5.98. The van der Waals surface area contributed by atoms with Crippen LogP contribution in [0, 0.1) is 0 Å². The molecular formula is C17H16N4O2. The Balaban J connectivity index is 1.99. The molecule has 6 heteroatoms. The average Bonchev–Trinajstić information content (AvgIpc) is 3.23. The summed E-state index contributed by atoms with van der Waals surface area (Å²) in [6.45, 7) is 1.90. The maximum absolute atomic E-state index is 11.7. The van der Waals surface area contributed by atoms with Gasteiger partial charge in [-0.2, -0.15) is 0 Å². The molecule has 0 saturated carbocycles. The fourth-order valence-corrected chi connectivity index (χ4v) is 3.18. The Morgan fingerprint density at radius 2 is 1.83 bits per heavy atom. The van der Waals surface area contributed by atoms with Crippen LogP contribution in [0.1, 0.15) is 23.3 Å². The van der Waals surface area contributed by atoms with Gasteiger partial charge in [0.05, 0.1) is 5.39 Å². The number of aromatic carboxylic acids is 1. The number of carbonyl (C=O) groups is 1. The topological polar surface area (TPSA) is 71.2 Å². The molecule has 116 valence electrons. The maximum Gasteiger partial charge on any atom is 0.352 e. The summed E-state index contributed by atoms with van der Waals surface area (Å²) >= 11 is 0. The lowest BCUT2D eigenvalue weighted by molar-refractivity contribution is 0.0688. The zero-order chi connectivity index (χ0) is 15.8. The molecule has 0 spiro atoms. The summed E-state index contributed by atoms with van der Waals surface area (Å²) in [6, 6.07) is 11.1. The van der Waals surface area contributed by atoms with Crippen LogP contribution in [0.4, 0.5) is 5.82 Å². The summed E-state index contributed by atoms with van der Waals surface area (Å²) in [5.74, 6) is -0.149. The number of aromatic nitrogens is 3. The highest BCUT2D eigenvalue weighted by atomic mass is 16.4. The van der Waals surface area contributed by atoms with Crippen molar-refractivity contribution in [3.8, 4) is 5.69 Å². The zero-order valence-corrected chi connectivity index (χ0v) is 12.5. The Morgan fingerprint density at radius 1 is 1.09 bits per heavy atom. The Bertz CT molecular complexity index is 867. The third-order valence-corrected chi connectivity index (χ3v) is 4.21. The molecule has 0 radical (unpaired) electrons. The largest absolute Gasteiger partial charge is 0.477 e. The molecule has 0 atom stereocenters. The van der Waals surface area contributed by atoms with E-state index in [4.69, 9.17) is 0 Å². The van der Waals surface area contributed by atoms with Crippen LogP contribution < -0.4 is 4.90 Å². The molecule has 1 aromatic carbocycles. The molecule has 1 aliphatic rings. The highest BCUT2D eigenvalue weighted by Gasteiger charge is 2.23. The number of benzene rings is 1. The summed E-state index contributed by atoms with van der Waals surface area (Å²) in [6.07, 6.45) is 3.79. The van der Waals surface area contributed by atoms with Gasteiger partial charge in [0.15, 0.2) is 5.65 Å². The van der Waals surface area contributed by atoms with E-state index >= 15 is 0 Å². The molecule has 3 heterocycles. The molecule has 2 aromatic heterocycles. The first-order chi connectivity index (χ1) is 11.3. The van der Waals surface area contributed by atoms with Gasteiger partial charge in [-0.05, 0) is 31.0 Å². The Morgan fingerprint density at radius 3 is 2.52 bits per heavy atom. The van der Waals surface area contributed by atoms with Gasteiger partial charge >= 0.3 is 5.97 Å². The van der Waals surface area contributed by atoms with E-state index < -0.39 is 5.97 Å².